The minimum absolute atomic E-state index is 0.342. The fraction of sp³-hybridized carbons (Fsp3) is 0.600. The van der Waals surface area contributed by atoms with Crippen molar-refractivity contribution in [2.45, 2.75) is 31.4 Å². The Kier molecular flexibility index (Phi) is 2.48. The third-order valence-electron chi connectivity index (χ3n) is 2.77. The van der Waals surface area contributed by atoms with Crippen LogP contribution in [0.15, 0.2) is 18.7 Å². The quantitative estimate of drug-likeness (QED) is 0.679. The Morgan fingerprint density at radius 2 is 2.21 bits per heavy atom. The number of piperidine rings is 1. The number of aliphatic hydroxyl groups is 1. The summed E-state index contributed by atoms with van der Waals surface area (Å²) in [5.41, 5.74) is 0.0831. The molecule has 1 aliphatic heterocycles. The largest absolute Gasteiger partial charge is 0.385 e. The van der Waals surface area contributed by atoms with E-state index in [2.05, 4.69) is 22.2 Å². The number of hydrogen-bond donors (Lipinski definition) is 2. The second-order valence-corrected chi connectivity index (χ2v) is 3.97. The maximum Gasteiger partial charge on any atom is 0.115 e. The van der Waals surface area contributed by atoms with Crippen LogP contribution in [0.1, 0.15) is 25.3 Å². The van der Waals surface area contributed by atoms with Crippen LogP contribution in [0.25, 0.3) is 0 Å². The predicted molar refractivity (Wildman–Crippen MR) is 52.6 cm³/mol. The highest BCUT2D eigenvalue weighted by Gasteiger charge is 2.34. The van der Waals surface area contributed by atoms with Gasteiger partial charge in [0.05, 0.1) is 5.60 Å². The molecule has 0 bridgehead atoms. The van der Waals surface area contributed by atoms with E-state index in [9.17, 15) is 5.11 Å². The zero-order valence-corrected chi connectivity index (χ0v) is 8.27. The molecule has 2 atom stereocenters. The second-order valence-electron chi connectivity index (χ2n) is 3.97. The molecule has 4 heteroatoms. The molecular weight excluding hydrogens is 178 g/mol. The van der Waals surface area contributed by atoms with Crippen LogP contribution in [-0.2, 0) is 5.60 Å². The Morgan fingerprint density at radius 1 is 1.50 bits per heavy atom. The highest BCUT2D eigenvalue weighted by molar-refractivity contribution is 5.15. The molecule has 0 spiro atoms. The van der Waals surface area contributed by atoms with Crippen molar-refractivity contribution in [3.8, 4) is 0 Å². The van der Waals surface area contributed by atoms with Crippen molar-refractivity contribution < 1.29 is 5.11 Å². The first kappa shape index (κ1) is 9.55. The van der Waals surface area contributed by atoms with Crippen LogP contribution < -0.4 is 5.32 Å². The summed E-state index contributed by atoms with van der Waals surface area (Å²) in [4.78, 5) is 7.88. The molecule has 0 amide bonds. The van der Waals surface area contributed by atoms with Crippen LogP contribution in [-0.4, -0.2) is 27.7 Å². The van der Waals surface area contributed by atoms with Crippen LogP contribution in [0.5, 0.6) is 0 Å². The summed E-state index contributed by atoms with van der Waals surface area (Å²) in [6.07, 6.45) is 6.33. The Morgan fingerprint density at radius 3 is 2.86 bits per heavy atom. The summed E-state index contributed by atoms with van der Waals surface area (Å²) >= 11 is 0. The molecule has 1 aromatic heterocycles. The second kappa shape index (κ2) is 3.63. The van der Waals surface area contributed by atoms with Gasteiger partial charge in [0.25, 0.3) is 0 Å². The zero-order valence-electron chi connectivity index (χ0n) is 8.27. The summed E-state index contributed by atoms with van der Waals surface area (Å²) in [6.45, 7) is 2.92. The molecular formula is C10H15N3O. The Bertz CT molecular complexity index is 303. The predicted octanol–water partition coefficient (Wildman–Crippen LogP) is 0.436. The molecule has 1 saturated heterocycles. The van der Waals surface area contributed by atoms with Crippen molar-refractivity contribution in [3.05, 3.63) is 24.3 Å². The SMILES string of the molecule is CC1CC(O)(c2cncnc2)CCN1. The third-order valence-corrected chi connectivity index (χ3v) is 2.77. The first-order valence-corrected chi connectivity index (χ1v) is 4.92. The summed E-state index contributed by atoms with van der Waals surface area (Å²) < 4.78 is 0. The number of aromatic nitrogens is 2. The van der Waals surface area contributed by atoms with E-state index >= 15 is 0 Å². The van der Waals surface area contributed by atoms with Crippen molar-refractivity contribution in [1.82, 2.24) is 15.3 Å². The monoisotopic (exact) mass is 193 g/mol. The molecule has 2 rings (SSSR count). The summed E-state index contributed by atoms with van der Waals surface area (Å²) in [7, 11) is 0. The molecule has 2 heterocycles. The number of nitrogens with one attached hydrogen (secondary N) is 1. The van der Waals surface area contributed by atoms with E-state index in [1.807, 2.05) is 0 Å². The van der Waals surface area contributed by atoms with E-state index in [0.29, 0.717) is 6.04 Å². The lowest BCUT2D eigenvalue weighted by atomic mass is 9.83. The van der Waals surface area contributed by atoms with Gasteiger partial charge in [0.2, 0.25) is 0 Å². The maximum absolute atomic E-state index is 10.4. The van der Waals surface area contributed by atoms with Gasteiger partial charge in [-0.2, -0.15) is 0 Å². The molecule has 76 valence electrons. The highest BCUT2D eigenvalue weighted by Crippen LogP contribution is 2.31. The lowest BCUT2D eigenvalue weighted by Gasteiger charge is -2.36. The minimum Gasteiger partial charge on any atom is -0.385 e. The standard InChI is InChI=1S/C10H15N3O/c1-8-4-10(14,2-3-13-8)9-5-11-7-12-6-9/h5-8,13-14H,2-4H2,1H3. The zero-order chi connectivity index (χ0) is 10.0. The maximum atomic E-state index is 10.4. The van der Waals surface area contributed by atoms with E-state index in [-0.39, 0.29) is 0 Å². The van der Waals surface area contributed by atoms with Crippen molar-refractivity contribution in [3.63, 3.8) is 0 Å². The highest BCUT2D eigenvalue weighted by atomic mass is 16.3. The van der Waals surface area contributed by atoms with Gasteiger partial charge in [0.15, 0.2) is 0 Å². The van der Waals surface area contributed by atoms with Crippen LogP contribution >= 0.6 is 0 Å². The van der Waals surface area contributed by atoms with Gasteiger partial charge >= 0.3 is 0 Å². The molecule has 1 fully saturated rings. The van der Waals surface area contributed by atoms with Gasteiger partial charge in [0, 0.05) is 24.0 Å². The topological polar surface area (TPSA) is 58.0 Å². The van der Waals surface area contributed by atoms with Crippen LogP contribution in [0.2, 0.25) is 0 Å². The van der Waals surface area contributed by atoms with Crippen LogP contribution in [0.3, 0.4) is 0 Å². The lowest BCUT2D eigenvalue weighted by Crippen LogP contribution is -2.45. The van der Waals surface area contributed by atoms with Gasteiger partial charge in [-0.15, -0.1) is 0 Å². The molecule has 1 aliphatic rings. The average Bonchev–Trinajstić information content (AvgIpc) is 2.19. The molecule has 2 N–H and O–H groups in total. The minimum atomic E-state index is -0.744. The summed E-state index contributed by atoms with van der Waals surface area (Å²) in [5, 5.41) is 13.7. The normalized spacial score (nSPS) is 32.9. The molecule has 14 heavy (non-hydrogen) atoms. The third kappa shape index (κ3) is 1.76. The van der Waals surface area contributed by atoms with Gasteiger partial charge in [-0.05, 0) is 26.3 Å². The van der Waals surface area contributed by atoms with Crippen molar-refractivity contribution in [2.75, 3.05) is 6.54 Å². The molecule has 0 aliphatic carbocycles. The lowest BCUT2D eigenvalue weighted by molar-refractivity contribution is -0.00706. The Labute approximate surface area is 83.4 Å². The van der Waals surface area contributed by atoms with E-state index in [0.717, 1.165) is 24.9 Å². The molecule has 0 aromatic carbocycles. The Hall–Kier alpha value is -1.00. The van der Waals surface area contributed by atoms with E-state index in [1.54, 1.807) is 12.4 Å². The summed E-state index contributed by atoms with van der Waals surface area (Å²) in [6, 6.07) is 0.342. The average molecular weight is 193 g/mol. The van der Waals surface area contributed by atoms with Gasteiger partial charge in [0.1, 0.15) is 6.33 Å². The first-order valence-electron chi connectivity index (χ1n) is 4.92. The smallest absolute Gasteiger partial charge is 0.115 e. The number of nitrogens with zero attached hydrogens (tertiary/aromatic N) is 2. The molecule has 0 radical (unpaired) electrons. The van der Waals surface area contributed by atoms with Crippen LogP contribution in [0, 0.1) is 0 Å². The van der Waals surface area contributed by atoms with Gasteiger partial charge in [-0.25, -0.2) is 9.97 Å². The van der Waals surface area contributed by atoms with Crippen LogP contribution in [0.4, 0.5) is 0 Å². The number of hydrogen-bond acceptors (Lipinski definition) is 4. The van der Waals surface area contributed by atoms with E-state index < -0.39 is 5.60 Å². The van der Waals surface area contributed by atoms with Gasteiger partial charge < -0.3 is 10.4 Å². The number of rotatable bonds is 1. The first-order chi connectivity index (χ1) is 6.71. The molecule has 4 nitrogen and oxygen atoms in total. The Balaban J connectivity index is 2.23. The van der Waals surface area contributed by atoms with Crippen molar-refractivity contribution in [1.29, 1.82) is 0 Å². The molecule has 2 unspecified atom stereocenters. The summed E-state index contributed by atoms with van der Waals surface area (Å²) in [5.74, 6) is 0. The van der Waals surface area contributed by atoms with Gasteiger partial charge in [-0.3, -0.25) is 0 Å². The van der Waals surface area contributed by atoms with Crippen molar-refractivity contribution >= 4 is 0 Å². The molecule has 0 saturated carbocycles. The fourth-order valence-corrected chi connectivity index (χ4v) is 2.01. The van der Waals surface area contributed by atoms with Gasteiger partial charge in [-0.1, -0.05) is 0 Å². The van der Waals surface area contributed by atoms with E-state index in [4.69, 9.17) is 0 Å². The van der Waals surface area contributed by atoms with Crippen molar-refractivity contribution in [2.24, 2.45) is 0 Å². The fourth-order valence-electron chi connectivity index (χ4n) is 2.01. The van der Waals surface area contributed by atoms with E-state index in [1.165, 1.54) is 6.33 Å². The molecule has 1 aromatic rings.